The third-order valence-electron chi connectivity index (χ3n) is 2.14. The molecule has 1 nitrogen and oxygen atoms in total. The van der Waals surface area contributed by atoms with E-state index < -0.39 is 11.9 Å². The summed E-state index contributed by atoms with van der Waals surface area (Å²) in [4.78, 5) is 0.627. The Morgan fingerprint density at radius 2 is 2.06 bits per heavy atom. The molecule has 0 amide bonds. The lowest BCUT2D eigenvalue weighted by Crippen LogP contribution is -2.00. The average Bonchev–Trinajstić information content (AvgIpc) is 2.68. The van der Waals surface area contributed by atoms with Gasteiger partial charge in [0.1, 0.15) is 11.9 Å². The van der Waals surface area contributed by atoms with Crippen LogP contribution >= 0.6 is 38.9 Å². The SMILES string of the molecule is OC(c1ccc(Cl)s1)c1cccc(Br)c1F. The minimum atomic E-state index is -0.977. The molecule has 5 heteroatoms. The summed E-state index contributed by atoms with van der Waals surface area (Å²) in [5, 5.41) is 10.0. The first-order valence-electron chi connectivity index (χ1n) is 4.47. The summed E-state index contributed by atoms with van der Waals surface area (Å²) in [5.41, 5.74) is 0.243. The Balaban J connectivity index is 2.41. The topological polar surface area (TPSA) is 20.2 Å². The molecule has 0 saturated heterocycles. The van der Waals surface area contributed by atoms with Gasteiger partial charge in [-0.2, -0.15) is 0 Å². The molecule has 1 atom stereocenters. The summed E-state index contributed by atoms with van der Waals surface area (Å²) in [6.45, 7) is 0. The van der Waals surface area contributed by atoms with Gasteiger partial charge in [0.15, 0.2) is 0 Å². The van der Waals surface area contributed by atoms with Gasteiger partial charge in [-0.05, 0) is 34.1 Å². The van der Waals surface area contributed by atoms with Gasteiger partial charge in [0, 0.05) is 10.4 Å². The predicted octanol–water partition coefficient (Wildman–Crippen LogP) is 4.38. The second-order valence-corrected chi connectivity index (χ2v) is 5.79. The fourth-order valence-electron chi connectivity index (χ4n) is 1.36. The highest BCUT2D eigenvalue weighted by Crippen LogP contribution is 2.33. The molecule has 2 aromatic rings. The van der Waals surface area contributed by atoms with Gasteiger partial charge in [0.2, 0.25) is 0 Å². The van der Waals surface area contributed by atoms with Gasteiger partial charge in [-0.25, -0.2) is 4.39 Å². The van der Waals surface area contributed by atoms with Crippen LogP contribution in [0.4, 0.5) is 4.39 Å². The summed E-state index contributed by atoms with van der Waals surface area (Å²) in [7, 11) is 0. The zero-order valence-corrected chi connectivity index (χ0v) is 11.1. The van der Waals surface area contributed by atoms with E-state index in [1.165, 1.54) is 11.3 Å². The first-order valence-corrected chi connectivity index (χ1v) is 6.45. The summed E-state index contributed by atoms with van der Waals surface area (Å²) >= 11 is 10.1. The standard InChI is InChI=1S/C11H7BrClFOS/c12-7-3-1-2-6(10(7)14)11(15)8-4-5-9(13)16-8/h1-5,11,15H. The Labute approximate surface area is 110 Å². The van der Waals surface area contributed by atoms with Gasteiger partial charge in [-0.3, -0.25) is 0 Å². The largest absolute Gasteiger partial charge is 0.383 e. The van der Waals surface area contributed by atoms with Crippen molar-refractivity contribution in [1.82, 2.24) is 0 Å². The third kappa shape index (κ3) is 2.30. The number of halogens is 3. The Kier molecular flexibility index (Phi) is 3.64. The molecule has 2 rings (SSSR count). The molecule has 1 unspecified atom stereocenters. The number of benzene rings is 1. The van der Waals surface area contributed by atoms with Gasteiger partial charge in [-0.15, -0.1) is 11.3 Å². The van der Waals surface area contributed by atoms with E-state index in [1.54, 1.807) is 30.3 Å². The highest BCUT2D eigenvalue weighted by atomic mass is 79.9. The Hall–Kier alpha value is -0.420. The van der Waals surface area contributed by atoms with Crippen molar-refractivity contribution >= 4 is 38.9 Å². The molecule has 0 bridgehead atoms. The molecule has 1 heterocycles. The van der Waals surface area contributed by atoms with E-state index in [9.17, 15) is 9.50 Å². The van der Waals surface area contributed by atoms with E-state index in [0.717, 1.165) is 0 Å². The van der Waals surface area contributed by atoms with E-state index >= 15 is 0 Å². The minimum Gasteiger partial charge on any atom is -0.383 e. The van der Waals surface area contributed by atoms with Crippen LogP contribution in [-0.2, 0) is 0 Å². The monoisotopic (exact) mass is 320 g/mol. The van der Waals surface area contributed by atoms with Crippen LogP contribution in [0.3, 0.4) is 0 Å². The lowest BCUT2D eigenvalue weighted by Gasteiger charge is -2.10. The van der Waals surface area contributed by atoms with Crippen LogP contribution in [0.25, 0.3) is 0 Å². The molecular formula is C11H7BrClFOS. The molecule has 1 aromatic carbocycles. The van der Waals surface area contributed by atoms with Gasteiger partial charge in [-0.1, -0.05) is 23.7 Å². The lowest BCUT2D eigenvalue weighted by atomic mass is 10.1. The van der Waals surface area contributed by atoms with Crippen LogP contribution in [0.15, 0.2) is 34.8 Å². The average molecular weight is 322 g/mol. The van der Waals surface area contributed by atoms with Crippen LogP contribution < -0.4 is 0 Å². The fraction of sp³-hybridized carbons (Fsp3) is 0.0909. The van der Waals surface area contributed by atoms with E-state index in [0.29, 0.717) is 13.7 Å². The number of aliphatic hydroxyl groups excluding tert-OH is 1. The molecule has 0 spiro atoms. The number of hydrogen-bond donors (Lipinski definition) is 1. The highest BCUT2D eigenvalue weighted by Gasteiger charge is 2.18. The van der Waals surface area contributed by atoms with Crippen molar-refractivity contribution in [2.24, 2.45) is 0 Å². The molecular weight excluding hydrogens is 315 g/mol. The molecule has 0 aliphatic heterocycles. The van der Waals surface area contributed by atoms with Crippen LogP contribution in [-0.4, -0.2) is 5.11 Å². The van der Waals surface area contributed by atoms with Crippen molar-refractivity contribution < 1.29 is 9.50 Å². The van der Waals surface area contributed by atoms with Crippen LogP contribution in [0.5, 0.6) is 0 Å². The molecule has 16 heavy (non-hydrogen) atoms. The smallest absolute Gasteiger partial charge is 0.143 e. The Morgan fingerprint density at radius 3 is 2.69 bits per heavy atom. The summed E-state index contributed by atoms with van der Waals surface area (Å²) < 4.78 is 14.6. The number of thiophene rings is 1. The van der Waals surface area contributed by atoms with Crippen molar-refractivity contribution in [2.75, 3.05) is 0 Å². The number of aliphatic hydroxyl groups is 1. The molecule has 0 saturated carbocycles. The molecule has 1 aromatic heterocycles. The van der Waals surface area contributed by atoms with E-state index in [-0.39, 0.29) is 5.56 Å². The summed E-state index contributed by atoms with van der Waals surface area (Å²) in [6.07, 6.45) is -0.977. The molecule has 1 N–H and O–H groups in total. The molecule has 0 aliphatic carbocycles. The van der Waals surface area contributed by atoms with Crippen molar-refractivity contribution in [3.05, 3.63) is 55.4 Å². The van der Waals surface area contributed by atoms with Crippen LogP contribution in [0.2, 0.25) is 4.34 Å². The maximum Gasteiger partial charge on any atom is 0.143 e. The van der Waals surface area contributed by atoms with Crippen LogP contribution in [0, 0.1) is 5.82 Å². The molecule has 0 aliphatic rings. The summed E-state index contributed by atoms with van der Waals surface area (Å²) in [5.74, 6) is -0.445. The predicted molar refractivity (Wildman–Crippen MR) is 67.5 cm³/mol. The van der Waals surface area contributed by atoms with E-state index in [4.69, 9.17) is 11.6 Å². The highest BCUT2D eigenvalue weighted by molar-refractivity contribution is 9.10. The first kappa shape index (κ1) is 12.0. The zero-order valence-electron chi connectivity index (χ0n) is 7.95. The van der Waals surface area contributed by atoms with Crippen molar-refractivity contribution in [3.63, 3.8) is 0 Å². The van der Waals surface area contributed by atoms with Crippen molar-refractivity contribution in [1.29, 1.82) is 0 Å². The second kappa shape index (κ2) is 4.84. The normalized spacial score (nSPS) is 12.8. The Bertz CT molecular complexity index is 514. The lowest BCUT2D eigenvalue weighted by molar-refractivity contribution is 0.218. The van der Waals surface area contributed by atoms with Gasteiger partial charge < -0.3 is 5.11 Å². The third-order valence-corrected chi connectivity index (χ3v) is 4.04. The quantitative estimate of drug-likeness (QED) is 0.870. The van der Waals surface area contributed by atoms with E-state index in [2.05, 4.69) is 15.9 Å². The molecule has 0 fully saturated rings. The number of hydrogen-bond acceptors (Lipinski definition) is 2. The van der Waals surface area contributed by atoms with Crippen molar-refractivity contribution in [2.45, 2.75) is 6.10 Å². The van der Waals surface area contributed by atoms with E-state index in [1.807, 2.05) is 0 Å². The minimum absolute atomic E-state index is 0.243. The van der Waals surface area contributed by atoms with Crippen molar-refractivity contribution in [3.8, 4) is 0 Å². The zero-order chi connectivity index (χ0) is 11.7. The van der Waals surface area contributed by atoms with Gasteiger partial charge in [0.05, 0.1) is 8.81 Å². The first-order chi connectivity index (χ1) is 7.59. The van der Waals surface area contributed by atoms with Crippen LogP contribution in [0.1, 0.15) is 16.5 Å². The molecule has 0 radical (unpaired) electrons. The summed E-state index contributed by atoms with van der Waals surface area (Å²) in [6, 6.07) is 8.20. The van der Waals surface area contributed by atoms with Gasteiger partial charge >= 0.3 is 0 Å². The molecule has 84 valence electrons. The maximum absolute atomic E-state index is 13.7. The fourth-order valence-corrected chi connectivity index (χ4v) is 2.81. The maximum atomic E-state index is 13.7. The number of rotatable bonds is 2. The second-order valence-electron chi connectivity index (χ2n) is 3.19. The Morgan fingerprint density at radius 1 is 1.31 bits per heavy atom. The van der Waals surface area contributed by atoms with Gasteiger partial charge in [0.25, 0.3) is 0 Å².